The van der Waals surface area contributed by atoms with E-state index in [-0.39, 0.29) is 12.1 Å². The van der Waals surface area contributed by atoms with Gasteiger partial charge in [0.1, 0.15) is 17.5 Å². The van der Waals surface area contributed by atoms with Gasteiger partial charge >= 0.3 is 0 Å². The number of piperazine rings is 1. The second-order valence-corrected chi connectivity index (χ2v) is 9.37. The van der Waals surface area contributed by atoms with Crippen LogP contribution in [0.2, 0.25) is 0 Å². The lowest BCUT2D eigenvalue weighted by molar-refractivity contribution is 0.0714. The van der Waals surface area contributed by atoms with Crippen LogP contribution in [0.3, 0.4) is 0 Å². The van der Waals surface area contributed by atoms with Crippen LogP contribution >= 0.6 is 0 Å². The second-order valence-electron chi connectivity index (χ2n) is 9.37. The van der Waals surface area contributed by atoms with Crippen molar-refractivity contribution in [2.24, 2.45) is 0 Å². The van der Waals surface area contributed by atoms with E-state index in [0.717, 1.165) is 74.6 Å². The molecule has 1 aromatic heterocycles. The van der Waals surface area contributed by atoms with Gasteiger partial charge < -0.3 is 14.2 Å². The largest absolute Gasteiger partial charge is 0.497 e. The van der Waals surface area contributed by atoms with Crippen molar-refractivity contribution in [3.8, 4) is 11.5 Å². The maximum Gasteiger partial charge on any atom is 0.173 e. The lowest BCUT2D eigenvalue weighted by Crippen LogP contribution is -2.51. The Morgan fingerprint density at radius 3 is 2.55 bits per heavy atom. The number of hydrogen-bond donors (Lipinski definition) is 0. The van der Waals surface area contributed by atoms with Crippen molar-refractivity contribution in [3.05, 3.63) is 29.6 Å². The predicted molar refractivity (Wildman–Crippen MR) is 124 cm³/mol. The Morgan fingerprint density at radius 2 is 1.85 bits per heavy atom. The molecule has 0 spiro atoms. The van der Waals surface area contributed by atoms with Gasteiger partial charge in [-0.1, -0.05) is 12.8 Å². The molecule has 2 aromatic rings. The fourth-order valence-electron chi connectivity index (χ4n) is 5.70. The molecule has 0 amide bonds. The highest BCUT2D eigenvalue weighted by Gasteiger charge is 2.35. The van der Waals surface area contributed by atoms with Crippen LogP contribution < -0.4 is 9.47 Å². The molecule has 1 aliphatic carbocycles. The van der Waals surface area contributed by atoms with Gasteiger partial charge in [0, 0.05) is 44.4 Å². The van der Waals surface area contributed by atoms with Gasteiger partial charge in [-0.3, -0.25) is 9.80 Å². The average Bonchev–Trinajstić information content (AvgIpc) is 3.64. The first-order valence-electron chi connectivity index (χ1n) is 12.3. The van der Waals surface area contributed by atoms with Crippen LogP contribution in [0.1, 0.15) is 56.0 Å². The number of tetrazole rings is 1. The van der Waals surface area contributed by atoms with Crippen molar-refractivity contribution in [2.45, 2.75) is 63.3 Å². The van der Waals surface area contributed by atoms with Gasteiger partial charge in [-0.2, -0.15) is 0 Å². The lowest BCUT2D eigenvalue weighted by Gasteiger charge is -2.41. The van der Waals surface area contributed by atoms with E-state index in [2.05, 4.69) is 31.4 Å². The van der Waals surface area contributed by atoms with E-state index in [4.69, 9.17) is 14.2 Å². The molecule has 3 aliphatic rings. The summed E-state index contributed by atoms with van der Waals surface area (Å²) in [5.74, 6) is 2.47. The maximum absolute atomic E-state index is 5.88. The van der Waals surface area contributed by atoms with Crippen molar-refractivity contribution in [1.29, 1.82) is 0 Å². The first-order valence-corrected chi connectivity index (χ1v) is 12.3. The molecule has 9 nitrogen and oxygen atoms in total. The molecule has 1 aromatic carbocycles. The van der Waals surface area contributed by atoms with E-state index < -0.39 is 0 Å². The third-order valence-electron chi connectivity index (χ3n) is 7.49. The van der Waals surface area contributed by atoms with Crippen molar-refractivity contribution in [2.75, 3.05) is 47.0 Å². The zero-order valence-corrected chi connectivity index (χ0v) is 19.9. The number of rotatable bonds is 8. The summed E-state index contributed by atoms with van der Waals surface area (Å²) < 4.78 is 19.2. The number of aromatic nitrogens is 4. The Morgan fingerprint density at radius 1 is 1.03 bits per heavy atom. The molecular formula is C24H36N6O3. The first kappa shape index (κ1) is 22.6. The molecule has 0 unspecified atom stereocenters. The highest BCUT2D eigenvalue weighted by Crippen LogP contribution is 2.37. The van der Waals surface area contributed by atoms with Gasteiger partial charge in [-0.25, -0.2) is 4.68 Å². The molecule has 3 fully saturated rings. The molecule has 2 atom stereocenters. The van der Waals surface area contributed by atoms with Crippen molar-refractivity contribution < 1.29 is 14.2 Å². The van der Waals surface area contributed by atoms with Crippen LogP contribution in [0.5, 0.6) is 11.5 Å². The fraction of sp³-hybridized carbons (Fsp3) is 0.708. The molecule has 0 bridgehead atoms. The maximum atomic E-state index is 5.88. The van der Waals surface area contributed by atoms with Gasteiger partial charge in [-0.05, 0) is 54.3 Å². The van der Waals surface area contributed by atoms with E-state index in [1.807, 2.05) is 16.8 Å². The highest BCUT2D eigenvalue weighted by atomic mass is 16.5. The first-order chi connectivity index (χ1) is 16.3. The van der Waals surface area contributed by atoms with E-state index in [1.54, 1.807) is 14.2 Å². The standard InChI is InChI=1S/C24H36N6O3/c1-31-19-9-10-22(32-2)21(16-19)23(24-25-26-27-30(24)17-20-8-5-15-33-20)29-13-11-28(12-14-29)18-6-3-4-7-18/h9-10,16,18,20,23H,3-8,11-15,17H2,1-2H3/t20-,23+/m1/s1. The Hall–Kier alpha value is -2.23. The molecule has 9 heteroatoms. The summed E-state index contributed by atoms with van der Waals surface area (Å²) >= 11 is 0. The third-order valence-corrected chi connectivity index (χ3v) is 7.49. The summed E-state index contributed by atoms with van der Waals surface area (Å²) in [6.45, 7) is 5.57. The monoisotopic (exact) mass is 456 g/mol. The van der Waals surface area contributed by atoms with Crippen LogP contribution in [0.15, 0.2) is 18.2 Å². The smallest absolute Gasteiger partial charge is 0.173 e. The third kappa shape index (κ3) is 4.85. The fourth-order valence-corrected chi connectivity index (χ4v) is 5.70. The summed E-state index contributed by atoms with van der Waals surface area (Å²) in [6.07, 6.45) is 7.73. The topological polar surface area (TPSA) is 77.8 Å². The van der Waals surface area contributed by atoms with Crippen LogP contribution in [-0.4, -0.2) is 89.2 Å². The molecule has 0 N–H and O–H groups in total. The summed E-state index contributed by atoms with van der Waals surface area (Å²) in [5.41, 5.74) is 1.04. The Balaban J connectivity index is 1.45. The minimum Gasteiger partial charge on any atom is -0.497 e. The van der Waals surface area contributed by atoms with Crippen LogP contribution in [0.25, 0.3) is 0 Å². The Bertz CT molecular complexity index is 901. The van der Waals surface area contributed by atoms with Gasteiger partial charge in [0.2, 0.25) is 0 Å². The predicted octanol–water partition coefficient (Wildman–Crippen LogP) is 2.52. The molecule has 2 saturated heterocycles. The lowest BCUT2D eigenvalue weighted by atomic mass is 10.0. The van der Waals surface area contributed by atoms with Gasteiger partial charge in [-0.15, -0.1) is 5.10 Å². The zero-order valence-electron chi connectivity index (χ0n) is 19.9. The molecule has 0 radical (unpaired) electrons. The molecule has 3 heterocycles. The second kappa shape index (κ2) is 10.4. The molecule has 2 aliphatic heterocycles. The number of methoxy groups -OCH3 is 2. The summed E-state index contributed by atoms with van der Waals surface area (Å²) in [4.78, 5) is 5.18. The van der Waals surface area contributed by atoms with Crippen molar-refractivity contribution in [1.82, 2.24) is 30.0 Å². The minimum absolute atomic E-state index is 0.114. The molecule has 33 heavy (non-hydrogen) atoms. The quantitative estimate of drug-likeness (QED) is 0.600. The van der Waals surface area contributed by atoms with E-state index in [1.165, 1.54) is 25.7 Å². The number of hydrogen-bond acceptors (Lipinski definition) is 8. The van der Waals surface area contributed by atoms with E-state index in [0.29, 0.717) is 6.54 Å². The summed E-state index contributed by atoms with van der Waals surface area (Å²) in [6, 6.07) is 6.62. The molecule has 180 valence electrons. The summed E-state index contributed by atoms with van der Waals surface area (Å²) in [5, 5.41) is 13.0. The van der Waals surface area contributed by atoms with Gasteiger partial charge in [0.25, 0.3) is 0 Å². The molecule has 1 saturated carbocycles. The van der Waals surface area contributed by atoms with Crippen molar-refractivity contribution >= 4 is 0 Å². The Labute approximate surface area is 196 Å². The molecular weight excluding hydrogens is 420 g/mol. The summed E-state index contributed by atoms with van der Waals surface area (Å²) in [7, 11) is 3.41. The molecule has 5 rings (SSSR count). The van der Waals surface area contributed by atoms with Crippen LogP contribution in [0.4, 0.5) is 0 Å². The van der Waals surface area contributed by atoms with Gasteiger partial charge in [0.05, 0.1) is 26.9 Å². The van der Waals surface area contributed by atoms with E-state index >= 15 is 0 Å². The number of benzene rings is 1. The van der Waals surface area contributed by atoms with E-state index in [9.17, 15) is 0 Å². The van der Waals surface area contributed by atoms with Crippen LogP contribution in [0, 0.1) is 0 Å². The zero-order chi connectivity index (χ0) is 22.6. The number of ether oxygens (including phenoxy) is 3. The average molecular weight is 457 g/mol. The van der Waals surface area contributed by atoms with Crippen molar-refractivity contribution in [3.63, 3.8) is 0 Å². The highest BCUT2D eigenvalue weighted by molar-refractivity contribution is 5.44. The number of nitrogens with zero attached hydrogens (tertiary/aromatic N) is 6. The van der Waals surface area contributed by atoms with Crippen LogP contribution in [-0.2, 0) is 11.3 Å². The Kier molecular flexibility index (Phi) is 7.08. The normalized spacial score (nSPS) is 23.8. The minimum atomic E-state index is -0.114. The van der Waals surface area contributed by atoms with Gasteiger partial charge in [0.15, 0.2) is 5.82 Å². The SMILES string of the molecule is COc1ccc(OC)c([C@@H](c2nnnn2C[C@H]2CCCO2)N2CCN(C3CCCC3)CC2)c1.